The molecule has 0 amide bonds. The van der Waals surface area contributed by atoms with Crippen molar-refractivity contribution in [3.05, 3.63) is 58.7 Å². The number of aryl methyl sites for hydroxylation is 2. The molecule has 0 aliphatic heterocycles. The molecule has 246 valence electrons. The number of ether oxygens (including phenoxy) is 2. The number of phenols is 1. The second-order valence-electron chi connectivity index (χ2n) is 16.1. The van der Waals surface area contributed by atoms with Gasteiger partial charge in [0.1, 0.15) is 11.5 Å². The first-order chi connectivity index (χ1) is 21.7. The topological polar surface area (TPSA) is 79.2 Å². The molecule has 3 N–H and O–H groups in total. The van der Waals surface area contributed by atoms with E-state index >= 15 is 0 Å². The summed E-state index contributed by atoms with van der Waals surface area (Å²) in [6.45, 7) is 7.66. The molecule has 2 aromatic carbocycles. The molecule has 0 bridgehead atoms. The molecular formula is C40H56O5. The van der Waals surface area contributed by atoms with Gasteiger partial charge < -0.3 is 24.8 Å². The fourth-order valence-electron chi connectivity index (χ4n) is 11.8. The maximum absolute atomic E-state index is 10.4. The maximum Gasteiger partial charge on any atom is 0.119 e. The largest absolute Gasteiger partial charge is 0.508 e. The Morgan fingerprint density at radius 3 is 2.11 bits per heavy atom. The van der Waals surface area contributed by atoms with Crippen molar-refractivity contribution in [2.24, 2.45) is 34.5 Å². The maximum atomic E-state index is 10.4. The Morgan fingerprint density at radius 1 is 0.778 bits per heavy atom. The fourth-order valence-corrected chi connectivity index (χ4v) is 11.8. The minimum absolute atomic E-state index is 0.116. The summed E-state index contributed by atoms with van der Waals surface area (Å²) in [5, 5.41) is 30.2. The lowest BCUT2D eigenvalue weighted by atomic mass is 9.55. The predicted molar refractivity (Wildman–Crippen MR) is 178 cm³/mol. The van der Waals surface area contributed by atoms with Crippen molar-refractivity contribution in [2.75, 3.05) is 13.7 Å². The second-order valence-corrected chi connectivity index (χ2v) is 16.1. The van der Waals surface area contributed by atoms with E-state index < -0.39 is 12.2 Å². The number of aromatic hydroxyl groups is 1. The van der Waals surface area contributed by atoms with E-state index in [2.05, 4.69) is 45.0 Å². The van der Waals surface area contributed by atoms with Gasteiger partial charge in [-0.15, -0.1) is 0 Å². The van der Waals surface area contributed by atoms with Crippen molar-refractivity contribution in [1.82, 2.24) is 0 Å². The van der Waals surface area contributed by atoms with Gasteiger partial charge in [-0.1, -0.05) is 32.9 Å². The first kappa shape index (κ1) is 31.5. The van der Waals surface area contributed by atoms with Crippen molar-refractivity contribution >= 4 is 0 Å². The SMILES string of the molecule is CCCOc1ccc2c(c1)CC[C@@H]1[C@@H]2CC[C@]2(C)C(OC)CC[C@@H]12.C[C@]12CC[C@@H]3c4ccc(O)cc4CC[C@H]3[C@@H]1C[C@@H](O)[C@@H]2O. The Bertz CT molecular complexity index is 1370. The van der Waals surface area contributed by atoms with Gasteiger partial charge in [0.15, 0.2) is 0 Å². The molecule has 6 aliphatic carbocycles. The van der Waals surface area contributed by atoms with Crippen LogP contribution in [0.15, 0.2) is 36.4 Å². The summed E-state index contributed by atoms with van der Waals surface area (Å²) in [4.78, 5) is 0. The molecule has 11 atom stereocenters. The molecule has 8 rings (SSSR count). The van der Waals surface area contributed by atoms with Gasteiger partial charge in [0.05, 0.1) is 24.9 Å². The number of aliphatic hydroxyl groups is 2. The van der Waals surface area contributed by atoms with Crippen LogP contribution in [0, 0.1) is 34.5 Å². The summed E-state index contributed by atoms with van der Waals surface area (Å²) < 4.78 is 11.7. The summed E-state index contributed by atoms with van der Waals surface area (Å²) in [6.07, 6.45) is 13.2. The molecule has 5 nitrogen and oxygen atoms in total. The molecule has 0 aromatic heterocycles. The highest BCUT2D eigenvalue weighted by Gasteiger charge is 2.58. The molecule has 5 heteroatoms. The summed E-state index contributed by atoms with van der Waals surface area (Å²) in [5.74, 6) is 5.42. The highest BCUT2D eigenvalue weighted by Crippen LogP contribution is 2.62. The van der Waals surface area contributed by atoms with E-state index in [9.17, 15) is 15.3 Å². The number of benzene rings is 2. The summed E-state index contributed by atoms with van der Waals surface area (Å²) in [5.41, 5.74) is 6.15. The Hall–Kier alpha value is -2.08. The molecule has 1 unspecified atom stereocenters. The number of fused-ring (bicyclic) bond motifs is 10. The van der Waals surface area contributed by atoms with Crippen LogP contribution in [0.25, 0.3) is 0 Å². The molecule has 45 heavy (non-hydrogen) atoms. The van der Waals surface area contributed by atoms with E-state index in [1.807, 2.05) is 13.2 Å². The lowest BCUT2D eigenvalue weighted by molar-refractivity contribution is -0.0505. The van der Waals surface area contributed by atoms with Crippen molar-refractivity contribution < 1.29 is 24.8 Å². The zero-order chi connectivity index (χ0) is 31.5. The zero-order valence-corrected chi connectivity index (χ0v) is 28.0. The molecule has 6 aliphatic rings. The number of rotatable bonds is 4. The van der Waals surface area contributed by atoms with Crippen molar-refractivity contribution in [3.8, 4) is 11.5 Å². The summed E-state index contributed by atoms with van der Waals surface area (Å²) in [7, 11) is 1.92. The predicted octanol–water partition coefficient (Wildman–Crippen LogP) is 7.93. The van der Waals surface area contributed by atoms with Crippen LogP contribution in [0.2, 0.25) is 0 Å². The van der Waals surface area contributed by atoms with E-state index in [4.69, 9.17) is 9.47 Å². The summed E-state index contributed by atoms with van der Waals surface area (Å²) >= 11 is 0. The molecule has 0 heterocycles. The Labute approximate surface area is 270 Å². The van der Waals surface area contributed by atoms with Gasteiger partial charge in [-0.2, -0.15) is 0 Å². The smallest absolute Gasteiger partial charge is 0.119 e. The number of methoxy groups -OCH3 is 1. The molecule has 4 saturated carbocycles. The van der Waals surface area contributed by atoms with Crippen LogP contribution in [0.5, 0.6) is 11.5 Å². The van der Waals surface area contributed by atoms with E-state index in [1.54, 1.807) is 17.2 Å². The first-order valence-electron chi connectivity index (χ1n) is 18.1. The molecule has 2 aromatic rings. The Morgan fingerprint density at radius 2 is 1.42 bits per heavy atom. The Balaban J connectivity index is 0.000000146. The van der Waals surface area contributed by atoms with Crippen LogP contribution >= 0.6 is 0 Å². The third kappa shape index (κ3) is 5.24. The monoisotopic (exact) mass is 616 g/mol. The molecule has 0 radical (unpaired) electrons. The quantitative estimate of drug-likeness (QED) is 0.325. The molecule has 0 saturated heterocycles. The van der Waals surface area contributed by atoms with Crippen LogP contribution in [0.1, 0.15) is 119 Å². The summed E-state index contributed by atoms with van der Waals surface area (Å²) in [6, 6.07) is 12.7. The van der Waals surface area contributed by atoms with Gasteiger partial charge in [-0.25, -0.2) is 0 Å². The van der Waals surface area contributed by atoms with Gasteiger partial charge in [0.25, 0.3) is 0 Å². The van der Waals surface area contributed by atoms with Gasteiger partial charge in [-0.3, -0.25) is 0 Å². The highest BCUT2D eigenvalue weighted by molar-refractivity contribution is 5.41. The van der Waals surface area contributed by atoms with Crippen LogP contribution in [-0.4, -0.2) is 47.3 Å². The van der Waals surface area contributed by atoms with Crippen LogP contribution in [0.3, 0.4) is 0 Å². The van der Waals surface area contributed by atoms with Gasteiger partial charge in [0, 0.05) is 7.11 Å². The Kier molecular flexibility index (Phi) is 8.53. The van der Waals surface area contributed by atoms with Crippen molar-refractivity contribution in [1.29, 1.82) is 0 Å². The minimum Gasteiger partial charge on any atom is -0.508 e. The van der Waals surface area contributed by atoms with Gasteiger partial charge in [-0.05, 0) is 170 Å². The third-order valence-corrected chi connectivity index (χ3v) is 14.1. The van der Waals surface area contributed by atoms with Crippen molar-refractivity contribution in [2.45, 2.75) is 128 Å². The molecule has 0 spiro atoms. The number of phenolic OH excluding ortho intramolecular Hbond substituents is 1. The fraction of sp³-hybridized carbons (Fsp3) is 0.700. The molecule has 4 fully saturated rings. The van der Waals surface area contributed by atoms with E-state index in [0.29, 0.717) is 35.0 Å². The normalized spacial score (nSPS) is 40.9. The minimum atomic E-state index is -0.565. The number of hydrogen-bond acceptors (Lipinski definition) is 5. The van der Waals surface area contributed by atoms with E-state index in [-0.39, 0.29) is 5.41 Å². The van der Waals surface area contributed by atoms with Gasteiger partial charge >= 0.3 is 0 Å². The average Bonchev–Trinajstić information content (AvgIpc) is 3.51. The van der Waals surface area contributed by atoms with Crippen LogP contribution in [-0.2, 0) is 17.6 Å². The first-order valence-corrected chi connectivity index (χ1v) is 18.1. The lowest BCUT2D eigenvalue weighted by Gasteiger charge is -2.50. The third-order valence-electron chi connectivity index (χ3n) is 14.1. The second kappa shape index (κ2) is 12.2. The van der Waals surface area contributed by atoms with E-state index in [1.165, 1.54) is 49.7 Å². The number of hydrogen-bond donors (Lipinski definition) is 3. The average molecular weight is 617 g/mol. The van der Waals surface area contributed by atoms with Gasteiger partial charge in [0.2, 0.25) is 0 Å². The van der Waals surface area contributed by atoms with Crippen LogP contribution in [0.4, 0.5) is 0 Å². The zero-order valence-electron chi connectivity index (χ0n) is 28.0. The lowest BCUT2D eigenvalue weighted by Crippen LogP contribution is -2.44. The van der Waals surface area contributed by atoms with E-state index in [0.717, 1.165) is 68.6 Å². The highest BCUT2D eigenvalue weighted by atomic mass is 16.5. The number of aliphatic hydroxyl groups excluding tert-OH is 2. The standard InChI is InChI=1S/C22H32O2.C18H24O3/c1-4-13-24-16-6-8-17-15(14-16)5-7-19-18(17)11-12-22(2)20(19)9-10-21(22)23-3;1-18-7-6-13-12-5-3-11(19)8-10(12)2-4-14(13)15(18)9-16(20)17(18)21/h6,8,14,18-21H,4-5,7,9-13H2,1-3H3;3,5,8,13-17,19-21H,2,4,6-7,9H2,1H3/t18-,19-,20+,21?,22+;13-,14-,15+,16-,17+,18+/m11/s1. The molecular weight excluding hydrogens is 560 g/mol. The van der Waals surface area contributed by atoms with Crippen LogP contribution < -0.4 is 4.74 Å². The van der Waals surface area contributed by atoms with Crippen molar-refractivity contribution in [3.63, 3.8) is 0 Å².